The standard InChI is InChI=1S/C17H35NO/c1-16(2,3)10-13-18-11-7-15(8-12-18)9-14-19-17(4,5)6/h15H,7-14H2,1-6H3. The summed E-state index contributed by atoms with van der Waals surface area (Å²) in [5.74, 6) is 0.883. The van der Waals surface area contributed by atoms with Gasteiger partial charge < -0.3 is 9.64 Å². The van der Waals surface area contributed by atoms with Crippen molar-refractivity contribution in [1.82, 2.24) is 4.90 Å². The Morgan fingerprint density at radius 3 is 2.05 bits per heavy atom. The van der Waals surface area contributed by atoms with Crippen LogP contribution in [0.5, 0.6) is 0 Å². The van der Waals surface area contributed by atoms with Crippen molar-refractivity contribution in [3.63, 3.8) is 0 Å². The van der Waals surface area contributed by atoms with Crippen molar-refractivity contribution in [2.75, 3.05) is 26.2 Å². The van der Waals surface area contributed by atoms with Gasteiger partial charge in [0.2, 0.25) is 0 Å². The van der Waals surface area contributed by atoms with Gasteiger partial charge in [0.1, 0.15) is 0 Å². The van der Waals surface area contributed by atoms with Crippen LogP contribution in [0.4, 0.5) is 0 Å². The predicted octanol–water partition coefficient (Wildman–Crippen LogP) is 4.34. The number of piperidine rings is 1. The fourth-order valence-electron chi connectivity index (χ4n) is 2.52. The number of rotatable bonds is 5. The van der Waals surface area contributed by atoms with Gasteiger partial charge in [-0.1, -0.05) is 20.8 Å². The minimum Gasteiger partial charge on any atom is -0.376 e. The van der Waals surface area contributed by atoms with E-state index in [4.69, 9.17) is 4.74 Å². The molecule has 0 bridgehead atoms. The summed E-state index contributed by atoms with van der Waals surface area (Å²) in [6, 6.07) is 0. The SMILES string of the molecule is CC(C)(C)CCN1CCC(CCOC(C)(C)C)CC1. The average Bonchev–Trinajstić information content (AvgIpc) is 2.25. The molecule has 0 aromatic rings. The molecule has 0 unspecified atom stereocenters. The third kappa shape index (κ3) is 8.65. The van der Waals surface area contributed by atoms with Crippen molar-refractivity contribution in [2.45, 2.75) is 72.8 Å². The molecule has 1 saturated heterocycles. The van der Waals surface area contributed by atoms with E-state index in [1.165, 1.54) is 45.3 Å². The van der Waals surface area contributed by atoms with Crippen LogP contribution in [0.2, 0.25) is 0 Å². The van der Waals surface area contributed by atoms with E-state index in [0.29, 0.717) is 5.41 Å². The Morgan fingerprint density at radius 1 is 1.00 bits per heavy atom. The summed E-state index contributed by atoms with van der Waals surface area (Å²) in [4.78, 5) is 2.65. The highest BCUT2D eigenvalue weighted by molar-refractivity contribution is 4.74. The van der Waals surface area contributed by atoms with Crippen LogP contribution < -0.4 is 0 Å². The van der Waals surface area contributed by atoms with E-state index in [2.05, 4.69) is 46.4 Å². The lowest BCUT2D eigenvalue weighted by Gasteiger charge is -2.34. The van der Waals surface area contributed by atoms with Gasteiger partial charge in [-0.3, -0.25) is 0 Å². The van der Waals surface area contributed by atoms with E-state index in [1.807, 2.05) is 0 Å². The Hall–Kier alpha value is -0.0800. The minimum atomic E-state index is 0.0212. The maximum absolute atomic E-state index is 5.84. The van der Waals surface area contributed by atoms with Gasteiger partial charge in [0.05, 0.1) is 5.60 Å². The summed E-state index contributed by atoms with van der Waals surface area (Å²) in [6.45, 7) is 18.2. The Labute approximate surface area is 120 Å². The molecule has 1 aliphatic heterocycles. The molecule has 0 radical (unpaired) electrons. The van der Waals surface area contributed by atoms with Crippen molar-refractivity contribution < 1.29 is 4.74 Å². The third-order valence-electron chi connectivity index (χ3n) is 3.95. The monoisotopic (exact) mass is 269 g/mol. The van der Waals surface area contributed by atoms with Crippen LogP contribution in [0, 0.1) is 11.3 Å². The van der Waals surface area contributed by atoms with E-state index in [0.717, 1.165) is 12.5 Å². The summed E-state index contributed by atoms with van der Waals surface area (Å²) in [6.07, 6.45) is 5.27. The number of nitrogens with zero attached hydrogens (tertiary/aromatic N) is 1. The maximum Gasteiger partial charge on any atom is 0.0598 e. The molecule has 1 rings (SSSR count). The van der Waals surface area contributed by atoms with Crippen molar-refractivity contribution >= 4 is 0 Å². The van der Waals surface area contributed by atoms with E-state index >= 15 is 0 Å². The van der Waals surface area contributed by atoms with E-state index in [-0.39, 0.29) is 5.60 Å². The fraction of sp³-hybridized carbons (Fsp3) is 1.00. The first-order chi connectivity index (χ1) is 8.66. The molecule has 0 saturated carbocycles. The molecule has 0 aromatic heterocycles. The first-order valence-electron chi connectivity index (χ1n) is 8.02. The van der Waals surface area contributed by atoms with Crippen LogP contribution >= 0.6 is 0 Å². The van der Waals surface area contributed by atoms with Crippen molar-refractivity contribution in [1.29, 1.82) is 0 Å². The van der Waals surface area contributed by atoms with Crippen LogP contribution in [0.3, 0.4) is 0 Å². The van der Waals surface area contributed by atoms with E-state index in [9.17, 15) is 0 Å². The molecule has 0 N–H and O–H groups in total. The molecule has 0 aliphatic carbocycles. The molecule has 1 fully saturated rings. The second-order valence-electron chi connectivity index (χ2n) is 8.35. The largest absolute Gasteiger partial charge is 0.376 e. The molecule has 1 aliphatic rings. The smallest absolute Gasteiger partial charge is 0.0598 e. The first kappa shape index (κ1) is 17.0. The van der Waals surface area contributed by atoms with Crippen LogP contribution in [0.15, 0.2) is 0 Å². The molecular weight excluding hydrogens is 234 g/mol. The molecule has 2 heteroatoms. The predicted molar refractivity (Wildman–Crippen MR) is 83.6 cm³/mol. The van der Waals surface area contributed by atoms with Gasteiger partial charge in [-0.15, -0.1) is 0 Å². The summed E-state index contributed by atoms with van der Waals surface area (Å²) in [5, 5.41) is 0. The van der Waals surface area contributed by atoms with Gasteiger partial charge in [0.15, 0.2) is 0 Å². The van der Waals surface area contributed by atoms with Gasteiger partial charge in [0.25, 0.3) is 0 Å². The van der Waals surface area contributed by atoms with Gasteiger partial charge in [0, 0.05) is 6.61 Å². The maximum atomic E-state index is 5.84. The zero-order valence-electron chi connectivity index (χ0n) is 14.1. The average molecular weight is 269 g/mol. The summed E-state index contributed by atoms with van der Waals surface area (Å²) in [7, 11) is 0. The molecule has 2 nitrogen and oxygen atoms in total. The second-order valence-corrected chi connectivity index (χ2v) is 8.35. The lowest BCUT2D eigenvalue weighted by Crippen LogP contribution is -2.36. The molecule has 114 valence electrons. The third-order valence-corrected chi connectivity index (χ3v) is 3.95. The Bertz CT molecular complexity index is 241. The zero-order valence-corrected chi connectivity index (χ0v) is 14.1. The zero-order chi connectivity index (χ0) is 14.5. The van der Waals surface area contributed by atoms with Crippen LogP contribution in [-0.4, -0.2) is 36.7 Å². The molecule has 1 heterocycles. The number of ether oxygens (including phenoxy) is 1. The molecule has 0 aromatic carbocycles. The van der Waals surface area contributed by atoms with Crippen molar-refractivity contribution in [2.24, 2.45) is 11.3 Å². The first-order valence-corrected chi connectivity index (χ1v) is 8.02. The number of hydrogen-bond donors (Lipinski definition) is 0. The normalized spacial score (nSPS) is 19.9. The lowest BCUT2D eigenvalue weighted by atomic mass is 9.90. The summed E-state index contributed by atoms with van der Waals surface area (Å²) >= 11 is 0. The molecule has 0 spiro atoms. The Morgan fingerprint density at radius 2 is 1.58 bits per heavy atom. The van der Waals surface area contributed by atoms with Crippen molar-refractivity contribution in [3.8, 4) is 0 Å². The van der Waals surface area contributed by atoms with E-state index in [1.54, 1.807) is 0 Å². The van der Waals surface area contributed by atoms with Gasteiger partial charge in [-0.05, 0) is 77.4 Å². The summed E-state index contributed by atoms with van der Waals surface area (Å²) < 4.78 is 5.84. The highest BCUT2D eigenvalue weighted by Crippen LogP contribution is 2.24. The van der Waals surface area contributed by atoms with E-state index < -0.39 is 0 Å². The van der Waals surface area contributed by atoms with Gasteiger partial charge in [-0.25, -0.2) is 0 Å². The molecular formula is C17H35NO. The lowest BCUT2D eigenvalue weighted by molar-refractivity contribution is -0.0127. The topological polar surface area (TPSA) is 12.5 Å². The quantitative estimate of drug-likeness (QED) is 0.736. The highest BCUT2D eigenvalue weighted by Gasteiger charge is 2.21. The Balaban J connectivity index is 2.12. The highest BCUT2D eigenvalue weighted by atomic mass is 16.5. The van der Waals surface area contributed by atoms with Gasteiger partial charge in [-0.2, -0.15) is 0 Å². The Kier molecular flexibility index (Phi) is 6.32. The molecule has 19 heavy (non-hydrogen) atoms. The second kappa shape index (κ2) is 7.08. The minimum absolute atomic E-state index is 0.0212. The molecule has 0 amide bonds. The molecule has 0 atom stereocenters. The van der Waals surface area contributed by atoms with Crippen LogP contribution in [0.25, 0.3) is 0 Å². The van der Waals surface area contributed by atoms with Crippen LogP contribution in [0.1, 0.15) is 67.2 Å². The van der Waals surface area contributed by atoms with Crippen LogP contribution in [-0.2, 0) is 4.74 Å². The fourth-order valence-corrected chi connectivity index (χ4v) is 2.52. The number of hydrogen-bond acceptors (Lipinski definition) is 2. The summed E-state index contributed by atoms with van der Waals surface area (Å²) in [5.41, 5.74) is 0.491. The van der Waals surface area contributed by atoms with Crippen molar-refractivity contribution in [3.05, 3.63) is 0 Å². The van der Waals surface area contributed by atoms with Gasteiger partial charge >= 0.3 is 0 Å². The number of likely N-dealkylation sites (tertiary alicyclic amines) is 1.